The van der Waals surface area contributed by atoms with Gasteiger partial charge in [-0.3, -0.25) is 0 Å². The van der Waals surface area contributed by atoms with Crippen LogP contribution in [0.5, 0.6) is 11.5 Å². The number of rotatable bonds is 1. The maximum atomic E-state index is 11.9. The molecule has 82 valence electrons. The Labute approximate surface area is 94.8 Å². The van der Waals surface area contributed by atoms with E-state index in [0.717, 1.165) is 27.9 Å². The fraction of sp³-hybridized carbons (Fsp3) is 0.214. The van der Waals surface area contributed by atoms with Crippen molar-refractivity contribution in [2.24, 2.45) is 0 Å². The fourth-order valence-corrected chi connectivity index (χ4v) is 1.75. The van der Waals surface area contributed by atoms with Gasteiger partial charge in [0.05, 0.1) is 5.39 Å². The molecule has 0 saturated heterocycles. The van der Waals surface area contributed by atoms with Gasteiger partial charge < -0.3 is 5.11 Å². The lowest BCUT2D eigenvalue weighted by Crippen LogP contribution is -1.95. The molecule has 0 atom stereocenters. The number of benzene rings is 2. The van der Waals surface area contributed by atoms with Gasteiger partial charge in [-0.15, -0.1) is 0 Å². The predicted molar refractivity (Wildman–Crippen MR) is 63.9 cm³/mol. The van der Waals surface area contributed by atoms with Crippen molar-refractivity contribution in [2.45, 2.75) is 20.8 Å². The number of hydrogen-bond donors (Lipinski definition) is 0. The summed E-state index contributed by atoms with van der Waals surface area (Å²) >= 11 is 0. The monoisotopic (exact) mass is 214 g/mol. The van der Waals surface area contributed by atoms with Crippen molar-refractivity contribution in [2.75, 3.05) is 0 Å². The number of aryl methyl sites for hydroxylation is 1. The molecule has 0 heterocycles. The summed E-state index contributed by atoms with van der Waals surface area (Å²) in [5.41, 5.74) is 0.718. The minimum Gasteiger partial charge on any atom is -0.872 e. The molecule has 0 aliphatic carbocycles. The first kappa shape index (κ1) is 10.7. The molecule has 0 bridgehead atoms. The zero-order valence-electron chi connectivity index (χ0n) is 9.70. The van der Waals surface area contributed by atoms with Crippen LogP contribution in [0.1, 0.15) is 19.4 Å². The van der Waals surface area contributed by atoms with Crippen LogP contribution >= 0.6 is 0 Å². The van der Waals surface area contributed by atoms with Crippen molar-refractivity contribution >= 4 is 16.6 Å². The molecule has 0 aromatic heterocycles. The first-order valence-electron chi connectivity index (χ1n) is 5.27. The van der Waals surface area contributed by atoms with Gasteiger partial charge in [0.15, 0.2) is 0 Å². The molecule has 0 aliphatic heterocycles. The molecule has 2 nitrogen and oxygen atoms in total. The zero-order chi connectivity index (χ0) is 11.7. The minimum absolute atomic E-state index is 0.0803. The number of fused-ring (bicyclic) bond motifs is 1. The largest absolute Gasteiger partial charge is 0.872 e. The smallest absolute Gasteiger partial charge is 0.360 e. The molecule has 0 fully saturated rings. The molecule has 2 heteroatoms. The zero-order valence-corrected chi connectivity index (χ0v) is 9.70. The summed E-state index contributed by atoms with van der Waals surface area (Å²) in [5.74, 6) is 1.70. The highest BCUT2D eigenvalue weighted by molar-refractivity contribution is 5.93. The summed E-state index contributed by atoms with van der Waals surface area (Å²) in [7, 11) is 0. The van der Waals surface area contributed by atoms with Gasteiger partial charge in [0, 0.05) is 19.9 Å². The molecule has 0 radical (unpaired) electrons. The lowest BCUT2D eigenvalue weighted by molar-refractivity contribution is -0.365. The summed E-state index contributed by atoms with van der Waals surface area (Å²) in [5, 5.41) is 13.5. The SMILES string of the molecule is CC(C)=[O+]c1cc(C)c([O-])c2ccccc12. The van der Waals surface area contributed by atoms with Crippen LogP contribution in [0.15, 0.2) is 30.3 Å². The normalized spacial score (nSPS) is 10.4. The van der Waals surface area contributed by atoms with Crippen LogP contribution in [0.2, 0.25) is 0 Å². The van der Waals surface area contributed by atoms with Crippen LogP contribution < -0.4 is 5.11 Å². The highest BCUT2D eigenvalue weighted by atomic mass is 16.4. The lowest BCUT2D eigenvalue weighted by Gasteiger charge is -2.12. The summed E-state index contributed by atoms with van der Waals surface area (Å²) < 4.78 is 5.64. The van der Waals surface area contributed by atoms with Gasteiger partial charge in [-0.05, 0) is 23.9 Å². The summed E-state index contributed by atoms with van der Waals surface area (Å²) in [6.45, 7) is 5.61. The lowest BCUT2D eigenvalue weighted by atomic mass is 10.1. The second-order valence-electron chi connectivity index (χ2n) is 4.08. The van der Waals surface area contributed by atoms with E-state index in [9.17, 15) is 5.11 Å². The summed E-state index contributed by atoms with van der Waals surface area (Å²) in [6, 6.07) is 9.33. The van der Waals surface area contributed by atoms with E-state index >= 15 is 0 Å². The molecule has 2 rings (SSSR count). The summed E-state index contributed by atoms with van der Waals surface area (Å²) in [6.07, 6.45) is 0. The van der Waals surface area contributed by atoms with Crippen LogP contribution in [0, 0.1) is 6.92 Å². The topological polar surface area (TPSA) is 34.4 Å². The maximum absolute atomic E-state index is 11.9. The predicted octanol–water partition coefficient (Wildman–Crippen LogP) is 3.08. The van der Waals surface area contributed by atoms with Gasteiger partial charge >= 0.3 is 11.5 Å². The van der Waals surface area contributed by atoms with Crippen molar-refractivity contribution in [3.05, 3.63) is 35.9 Å². The van der Waals surface area contributed by atoms with Gasteiger partial charge in [0.25, 0.3) is 0 Å². The molecular weight excluding hydrogens is 200 g/mol. The second kappa shape index (κ2) is 3.97. The van der Waals surface area contributed by atoms with Crippen LogP contribution in [-0.4, -0.2) is 5.78 Å². The quantitative estimate of drug-likeness (QED) is 0.672. The van der Waals surface area contributed by atoms with E-state index in [1.165, 1.54) is 0 Å². The fourth-order valence-electron chi connectivity index (χ4n) is 1.75. The highest BCUT2D eigenvalue weighted by Crippen LogP contribution is 2.33. The first-order valence-corrected chi connectivity index (χ1v) is 5.27. The Morgan fingerprint density at radius 3 is 2.38 bits per heavy atom. The van der Waals surface area contributed by atoms with Crippen molar-refractivity contribution in [1.29, 1.82) is 0 Å². The van der Waals surface area contributed by atoms with Crippen molar-refractivity contribution < 1.29 is 9.53 Å². The third-order valence-electron chi connectivity index (χ3n) is 2.46. The molecule has 0 aliphatic rings. The van der Waals surface area contributed by atoms with Gasteiger partial charge in [-0.1, -0.05) is 23.9 Å². The second-order valence-corrected chi connectivity index (χ2v) is 4.08. The molecule has 0 spiro atoms. The summed E-state index contributed by atoms with van der Waals surface area (Å²) in [4.78, 5) is 0. The third-order valence-corrected chi connectivity index (χ3v) is 2.46. The molecular formula is C14H14O2. The van der Waals surface area contributed by atoms with Crippen molar-refractivity contribution in [1.82, 2.24) is 0 Å². The van der Waals surface area contributed by atoms with Crippen molar-refractivity contribution in [3.8, 4) is 11.5 Å². The van der Waals surface area contributed by atoms with E-state index in [2.05, 4.69) is 0 Å². The van der Waals surface area contributed by atoms with Gasteiger partial charge in [-0.2, -0.15) is 0 Å². The van der Waals surface area contributed by atoms with Gasteiger partial charge in [-0.25, -0.2) is 4.42 Å². The number of carbonyl (C=O) groups excluding carboxylic acids is 1. The van der Waals surface area contributed by atoms with Gasteiger partial charge in [0.2, 0.25) is 0 Å². The highest BCUT2D eigenvalue weighted by Gasteiger charge is 2.12. The Morgan fingerprint density at radius 2 is 1.75 bits per heavy atom. The standard InChI is InChI=1S/C14H14O2/c1-9(2)16-13-8-10(3)14(15)12-7-5-4-6-11(12)13/h4-8H,1-3H3. The molecule has 16 heavy (non-hydrogen) atoms. The van der Waals surface area contributed by atoms with E-state index in [-0.39, 0.29) is 5.75 Å². The Balaban J connectivity index is 2.85. The van der Waals surface area contributed by atoms with E-state index < -0.39 is 0 Å². The average molecular weight is 214 g/mol. The van der Waals surface area contributed by atoms with Crippen LogP contribution in [0.4, 0.5) is 0 Å². The Bertz CT molecular complexity index is 564. The Kier molecular flexibility index (Phi) is 2.65. The molecule has 0 N–H and O–H groups in total. The first-order chi connectivity index (χ1) is 7.59. The van der Waals surface area contributed by atoms with Gasteiger partial charge in [0.1, 0.15) is 0 Å². The average Bonchev–Trinajstić information content (AvgIpc) is 2.25. The molecule has 0 saturated carbocycles. The number of hydrogen-bond acceptors (Lipinski definition) is 1. The number of ketones is 1. The molecule has 0 unspecified atom stereocenters. The Hall–Kier alpha value is -1.83. The van der Waals surface area contributed by atoms with Crippen LogP contribution in [0.25, 0.3) is 10.8 Å². The third kappa shape index (κ3) is 1.78. The van der Waals surface area contributed by atoms with Crippen LogP contribution in [0.3, 0.4) is 0 Å². The molecule has 2 aromatic carbocycles. The van der Waals surface area contributed by atoms with E-state index in [4.69, 9.17) is 4.42 Å². The van der Waals surface area contributed by atoms with E-state index in [0.29, 0.717) is 0 Å². The molecule has 2 aromatic rings. The minimum atomic E-state index is 0.0803. The Morgan fingerprint density at radius 1 is 1.12 bits per heavy atom. The van der Waals surface area contributed by atoms with Crippen molar-refractivity contribution in [3.63, 3.8) is 0 Å². The van der Waals surface area contributed by atoms with E-state index in [1.54, 1.807) is 6.07 Å². The molecule has 0 amide bonds. The van der Waals surface area contributed by atoms with Crippen LogP contribution in [-0.2, 0) is 4.42 Å². The van der Waals surface area contributed by atoms with E-state index in [1.807, 2.05) is 45.0 Å². The maximum Gasteiger partial charge on any atom is 0.360 e.